The molecule has 2 N–H and O–H groups in total. The third kappa shape index (κ3) is 5.86. The van der Waals surface area contributed by atoms with Gasteiger partial charge in [-0.1, -0.05) is 5.92 Å². The molecule has 0 spiro atoms. The van der Waals surface area contributed by atoms with E-state index in [4.69, 9.17) is 11.2 Å². The predicted octanol–water partition coefficient (Wildman–Crippen LogP) is 1.83. The summed E-state index contributed by atoms with van der Waals surface area (Å²) in [6, 6.07) is 0.916. The van der Waals surface area contributed by atoms with Crippen LogP contribution in [0.4, 0.5) is 4.79 Å². The summed E-state index contributed by atoms with van der Waals surface area (Å²) in [7, 11) is 3.99. The van der Waals surface area contributed by atoms with E-state index in [1.165, 1.54) is 0 Å². The molecule has 1 aliphatic rings. The van der Waals surface area contributed by atoms with E-state index < -0.39 is 5.60 Å². The highest BCUT2D eigenvalue weighted by Crippen LogP contribution is 2.26. The summed E-state index contributed by atoms with van der Waals surface area (Å²) in [5, 5.41) is 6.73. The number of ether oxygens (including phenoxy) is 1. The molecule has 1 fully saturated rings. The summed E-state index contributed by atoms with van der Waals surface area (Å²) in [4.78, 5) is 13.9. The van der Waals surface area contributed by atoms with Gasteiger partial charge in [0.15, 0.2) is 0 Å². The highest BCUT2D eigenvalue weighted by Gasteiger charge is 2.31. The molecule has 0 saturated heterocycles. The van der Waals surface area contributed by atoms with Crippen molar-refractivity contribution in [3.05, 3.63) is 0 Å². The third-order valence-electron chi connectivity index (χ3n) is 4.11. The van der Waals surface area contributed by atoms with E-state index in [9.17, 15) is 4.79 Å². The number of hydrogen-bond donors (Lipinski definition) is 2. The summed E-state index contributed by atoms with van der Waals surface area (Å²) in [6.45, 7) is 6.56. The van der Waals surface area contributed by atoms with E-state index in [2.05, 4.69) is 16.6 Å². The smallest absolute Gasteiger partial charge is 0.411 e. The average molecular weight is 309 g/mol. The number of nitrogens with one attached hydrogen (secondary N) is 2. The Labute approximate surface area is 135 Å². The third-order valence-corrected chi connectivity index (χ3v) is 4.11. The van der Waals surface area contributed by atoms with Gasteiger partial charge in [-0.15, -0.1) is 6.42 Å². The van der Waals surface area contributed by atoms with Crippen molar-refractivity contribution in [2.75, 3.05) is 27.2 Å². The zero-order valence-electron chi connectivity index (χ0n) is 14.6. The summed E-state index contributed by atoms with van der Waals surface area (Å²) >= 11 is 0. The second kappa shape index (κ2) is 8.40. The Morgan fingerprint density at radius 3 is 2.41 bits per heavy atom. The maximum Gasteiger partial charge on any atom is 0.411 e. The molecule has 1 amide bonds. The molecule has 126 valence electrons. The van der Waals surface area contributed by atoms with Crippen LogP contribution >= 0.6 is 0 Å². The van der Waals surface area contributed by atoms with Crippen LogP contribution in [0.3, 0.4) is 0 Å². The lowest BCUT2D eigenvalue weighted by molar-refractivity contribution is 0.0228. The van der Waals surface area contributed by atoms with Crippen LogP contribution in [0.2, 0.25) is 0 Å². The second-order valence-electron chi connectivity index (χ2n) is 7.03. The van der Waals surface area contributed by atoms with Gasteiger partial charge in [0.25, 0.3) is 0 Å². The molecule has 1 rings (SSSR count). The molecule has 0 aliphatic heterocycles. The van der Waals surface area contributed by atoms with Crippen LogP contribution in [0.1, 0.15) is 40.0 Å². The Morgan fingerprint density at radius 2 is 1.91 bits per heavy atom. The number of carbonyl (C=O) groups excluding carboxylic acids is 1. The zero-order chi connectivity index (χ0) is 16.8. The van der Waals surface area contributed by atoms with E-state index in [0.29, 0.717) is 31.1 Å². The highest BCUT2D eigenvalue weighted by molar-refractivity contribution is 5.68. The van der Waals surface area contributed by atoms with Gasteiger partial charge in [0, 0.05) is 18.6 Å². The average Bonchev–Trinajstić information content (AvgIpc) is 2.44. The van der Waals surface area contributed by atoms with Crippen molar-refractivity contribution in [1.29, 1.82) is 0 Å². The number of carbonyl (C=O) groups is 1. The molecule has 5 nitrogen and oxygen atoms in total. The van der Waals surface area contributed by atoms with Crippen LogP contribution in [0.15, 0.2) is 0 Å². The molecule has 22 heavy (non-hydrogen) atoms. The summed E-state index contributed by atoms with van der Waals surface area (Å²) in [5.74, 6) is 3.01. The van der Waals surface area contributed by atoms with Gasteiger partial charge < -0.3 is 15.4 Å². The Kier molecular flexibility index (Phi) is 7.18. The topological polar surface area (TPSA) is 53.6 Å². The number of rotatable bonds is 5. The number of nitrogens with zero attached hydrogens (tertiary/aromatic N) is 1. The van der Waals surface area contributed by atoms with Crippen LogP contribution in [-0.2, 0) is 4.74 Å². The van der Waals surface area contributed by atoms with E-state index in [-0.39, 0.29) is 6.09 Å². The molecule has 0 aromatic rings. The minimum Gasteiger partial charge on any atom is -0.444 e. The number of terminal acetylenes is 1. The Hall–Kier alpha value is -1.25. The maximum absolute atomic E-state index is 12.3. The van der Waals surface area contributed by atoms with Gasteiger partial charge >= 0.3 is 6.09 Å². The number of amides is 1. The first kappa shape index (κ1) is 18.8. The normalized spacial score (nSPS) is 25.4. The van der Waals surface area contributed by atoms with Crippen molar-refractivity contribution in [3.8, 4) is 12.3 Å². The molecule has 1 aliphatic carbocycles. The fraction of sp³-hybridized carbons (Fsp3) is 0.824. The molecule has 1 unspecified atom stereocenters. The standard InChI is InChI=1S/C17H31N3O2/c1-7-10-20(16(21)22-17(2,3)4)12-13-8-9-14(18-5)15(11-13)19-6/h1,13-15,18-19H,8-12H2,2-6H3/t13?,14-,15-/m0/s1. The lowest BCUT2D eigenvalue weighted by Gasteiger charge is -2.38. The van der Waals surface area contributed by atoms with E-state index in [1.807, 2.05) is 34.9 Å². The van der Waals surface area contributed by atoms with Gasteiger partial charge in [-0.3, -0.25) is 4.90 Å². The van der Waals surface area contributed by atoms with Crippen molar-refractivity contribution in [2.45, 2.75) is 57.7 Å². The zero-order valence-corrected chi connectivity index (χ0v) is 14.6. The minimum absolute atomic E-state index is 0.297. The van der Waals surface area contributed by atoms with E-state index in [0.717, 1.165) is 19.3 Å². The lowest BCUT2D eigenvalue weighted by Crippen LogP contribution is -2.51. The highest BCUT2D eigenvalue weighted by atomic mass is 16.6. The molecule has 0 heterocycles. The predicted molar refractivity (Wildman–Crippen MR) is 89.7 cm³/mol. The van der Waals surface area contributed by atoms with Gasteiger partial charge in [0.1, 0.15) is 5.60 Å². The van der Waals surface area contributed by atoms with Crippen LogP contribution in [0.5, 0.6) is 0 Å². The number of likely N-dealkylation sites (N-methyl/N-ethyl adjacent to an activating group) is 2. The van der Waals surface area contributed by atoms with Crippen molar-refractivity contribution in [3.63, 3.8) is 0 Å². The van der Waals surface area contributed by atoms with Crippen molar-refractivity contribution < 1.29 is 9.53 Å². The monoisotopic (exact) mass is 309 g/mol. The lowest BCUT2D eigenvalue weighted by atomic mass is 9.82. The molecular formula is C17H31N3O2. The summed E-state index contributed by atoms with van der Waals surface area (Å²) < 4.78 is 5.45. The van der Waals surface area contributed by atoms with Gasteiger partial charge in [-0.25, -0.2) is 4.79 Å². The summed E-state index contributed by atoms with van der Waals surface area (Å²) in [6.07, 6.45) is 8.32. The largest absolute Gasteiger partial charge is 0.444 e. The Balaban J connectivity index is 2.64. The molecule has 3 atom stereocenters. The van der Waals surface area contributed by atoms with Gasteiger partial charge in [-0.2, -0.15) is 0 Å². The summed E-state index contributed by atoms with van der Waals surface area (Å²) in [5.41, 5.74) is -0.499. The molecular weight excluding hydrogens is 278 g/mol. The minimum atomic E-state index is -0.499. The fourth-order valence-corrected chi connectivity index (χ4v) is 3.04. The molecule has 1 saturated carbocycles. The number of hydrogen-bond acceptors (Lipinski definition) is 4. The van der Waals surface area contributed by atoms with Crippen molar-refractivity contribution in [2.24, 2.45) is 5.92 Å². The van der Waals surface area contributed by atoms with Crippen molar-refractivity contribution in [1.82, 2.24) is 15.5 Å². The van der Waals surface area contributed by atoms with Crippen LogP contribution in [0, 0.1) is 18.3 Å². The molecule has 0 aromatic carbocycles. The van der Waals surface area contributed by atoms with E-state index >= 15 is 0 Å². The molecule has 0 radical (unpaired) electrons. The van der Waals surface area contributed by atoms with Gasteiger partial charge in [-0.05, 0) is 60.0 Å². The molecule has 0 bridgehead atoms. The quantitative estimate of drug-likeness (QED) is 0.761. The van der Waals surface area contributed by atoms with E-state index in [1.54, 1.807) is 4.90 Å². The SMILES string of the molecule is C#CCN(CC1CC[C@H](NC)[C@@H](NC)C1)C(=O)OC(C)(C)C. The van der Waals surface area contributed by atoms with Crippen LogP contribution in [0.25, 0.3) is 0 Å². The second-order valence-corrected chi connectivity index (χ2v) is 7.03. The first-order valence-corrected chi connectivity index (χ1v) is 8.06. The Bertz CT molecular complexity index is 398. The fourth-order valence-electron chi connectivity index (χ4n) is 3.04. The molecule has 5 heteroatoms. The maximum atomic E-state index is 12.3. The first-order valence-electron chi connectivity index (χ1n) is 8.06. The van der Waals surface area contributed by atoms with Crippen molar-refractivity contribution >= 4 is 6.09 Å². The first-order chi connectivity index (χ1) is 10.3. The van der Waals surface area contributed by atoms with Crippen LogP contribution in [-0.4, -0.2) is 55.9 Å². The van der Waals surface area contributed by atoms with Gasteiger partial charge in [0.05, 0.1) is 6.54 Å². The molecule has 0 aromatic heterocycles. The van der Waals surface area contributed by atoms with Crippen LogP contribution < -0.4 is 10.6 Å². The Morgan fingerprint density at radius 1 is 1.27 bits per heavy atom. The van der Waals surface area contributed by atoms with Gasteiger partial charge in [0.2, 0.25) is 0 Å².